The summed E-state index contributed by atoms with van der Waals surface area (Å²) >= 11 is 6.07. The van der Waals surface area contributed by atoms with Crippen LogP contribution in [0.2, 0.25) is 5.02 Å². The minimum Gasteiger partial charge on any atom is -0.491 e. The molecule has 0 bridgehead atoms. The summed E-state index contributed by atoms with van der Waals surface area (Å²) in [6.07, 6.45) is 1.10. The fourth-order valence-corrected chi connectivity index (χ4v) is 2.00. The van der Waals surface area contributed by atoms with E-state index in [2.05, 4.69) is 19.2 Å². The summed E-state index contributed by atoms with van der Waals surface area (Å²) in [4.78, 5) is 0. The van der Waals surface area contributed by atoms with E-state index in [-0.39, 0.29) is 6.04 Å². The van der Waals surface area contributed by atoms with Gasteiger partial charge in [-0.25, -0.2) is 0 Å². The van der Waals surface area contributed by atoms with E-state index in [0.717, 1.165) is 29.3 Å². The Kier molecular flexibility index (Phi) is 7.87. The molecule has 1 N–H and O–H groups in total. The molecule has 4 heteroatoms. The third kappa shape index (κ3) is 5.81. The van der Waals surface area contributed by atoms with Crippen molar-refractivity contribution in [2.75, 3.05) is 26.4 Å². The van der Waals surface area contributed by atoms with Gasteiger partial charge >= 0.3 is 0 Å². The van der Waals surface area contributed by atoms with Gasteiger partial charge in [0.15, 0.2) is 0 Å². The predicted molar refractivity (Wildman–Crippen MR) is 80.1 cm³/mol. The first kappa shape index (κ1) is 16.3. The van der Waals surface area contributed by atoms with E-state index in [9.17, 15) is 0 Å². The molecule has 0 aliphatic rings. The van der Waals surface area contributed by atoms with Gasteiger partial charge in [-0.3, -0.25) is 0 Å². The number of halogens is 1. The van der Waals surface area contributed by atoms with Crippen LogP contribution in [0.3, 0.4) is 0 Å². The third-order valence-electron chi connectivity index (χ3n) is 2.83. The number of hydrogen-bond acceptors (Lipinski definition) is 3. The van der Waals surface area contributed by atoms with Crippen molar-refractivity contribution in [3.8, 4) is 5.75 Å². The van der Waals surface area contributed by atoms with E-state index in [4.69, 9.17) is 21.1 Å². The van der Waals surface area contributed by atoms with E-state index >= 15 is 0 Å². The molecule has 0 saturated heterocycles. The topological polar surface area (TPSA) is 30.5 Å². The SMILES string of the molecule is CCCNC(C)c1cc(Cl)ccc1OCCOCC. The van der Waals surface area contributed by atoms with Crippen molar-refractivity contribution in [1.29, 1.82) is 0 Å². The van der Waals surface area contributed by atoms with Crippen molar-refractivity contribution in [1.82, 2.24) is 5.32 Å². The van der Waals surface area contributed by atoms with Crippen molar-refractivity contribution >= 4 is 11.6 Å². The smallest absolute Gasteiger partial charge is 0.124 e. The van der Waals surface area contributed by atoms with Gasteiger partial charge in [0.2, 0.25) is 0 Å². The molecule has 1 rings (SSSR count). The lowest BCUT2D eigenvalue weighted by molar-refractivity contribution is 0.109. The van der Waals surface area contributed by atoms with Gasteiger partial charge in [0.05, 0.1) is 6.61 Å². The quantitative estimate of drug-likeness (QED) is 0.700. The first-order valence-electron chi connectivity index (χ1n) is 6.92. The van der Waals surface area contributed by atoms with Crippen LogP contribution in [0.1, 0.15) is 38.8 Å². The average Bonchev–Trinajstić information content (AvgIpc) is 2.42. The van der Waals surface area contributed by atoms with Crippen LogP contribution in [0, 0.1) is 0 Å². The lowest BCUT2D eigenvalue weighted by atomic mass is 10.1. The van der Waals surface area contributed by atoms with Crippen LogP contribution < -0.4 is 10.1 Å². The normalized spacial score (nSPS) is 12.4. The van der Waals surface area contributed by atoms with E-state index in [0.29, 0.717) is 19.8 Å². The molecule has 1 unspecified atom stereocenters. The summed E-state index contributed by atoms with van der Waals surface area (Å²) in [5.41, 5.74) is 1.09. The van der Waals surface area contributed by atoms with Gasteiger partial charge in [0.1, 0.15) is 12.4 Å². The molecule has 0 radical (unpaired) electrons. The zero-order valence-corrected chi connectivity index (χ0v) is 12.8. The molecule has 0 amide bonds. The van der Waals surface area contributed by atoms with Gasteiger partial charge in [0, 0.05) is 23.2 Å². The standard InChI is InChI=1S/C15H24ClNO2/c1-4-8-17-12(3)14-11-13(16)6-7-15(14)19-10-9-18-5-2/h6-7,11-12,17H,4-5,8-10H2,1-3H3. The summed E-state index contributed by atoms with van der Waals surface area (Å²) in [7, 11) is 0. The van der Waals surface area contributed by atoms with Crippen LogP contribution in [0.15, 0.2) is 18.2 Å². The summed E-state index contributed by atoms with van der Waals surface area (Å²) < 4.78 is 11.0. The van der Waals surface area contributed by atoms with Crippen molar-refractivity contribution in [2.45, 2.75) is 33.2 Å². The van der Waals surface area contributed by atoms with E-state index in [1.807, 2.05) is 25.1 Å². The van der Waals surface area contributed by atoms with Crippen molar-refractivity contribution < 1.29 is 9.47 Å². The van der Waals surface area contributed by atoms with Gasteiger partial charge in [0.25, 0.3) is 0 Å². The molecule has 0 aliphatic heterocycles. The molecule has 108 valence electrons. The minimum atomic E-state index is 0.223. The molecule has 0 spiro atoms. The molecule has 1 atom stereocenters. The van der Waals surface area contributed by atoms with E-state index in [1.54, 1.807) is 0 Å². The van der Waals surface area contributed by atoms with E-state index in [1.165, 1.54) is 0 Å². The second-order valence-corrected chi connectivity index (χ2v) is 4.84. The Morgan fingerprint density at radius 2 is 2.05 bits per heavy atom. The maximum atomic E-state index is 6.07. The molecular formula is C15H24ClNO2. The lowest BCUT2D eigenvalue weighted by Crippen LogP contribution is -2.20. The van der Waals surface area contributed by atoms with Gasteiger partial charge in [-0.1, -0.05) is 18.5 Å². The number of ether oxygens (including phenoxy) is 2. The van der Waals surface area contributed by atoms with Crippen LogP contribution in [0.4, 0.5) is 0 Å². The summed E-state index contributed by atoms with van der Waals surface area (Å²) in [6.45, 7) is 9.11. The second kappa shape index (κ2) is 9.18. The van der Waals surface area contributed by atoms with Crippen molar-refractivity contribution in [3.05, 3.63) is 28.8 Å². The van der Waals surface area contributed by atoms with Crippen LogP contribution >= 0.6 is 11.6 Å². The monoisotopic (exact) mass is 285 g/mol. The summed E-state index contributed by atoms with van der Waals surface area (Å²) in [5.74, 6) is 0.875. The Morgan fingerprint density at radius 1 is 1.26 bits per heavy atom. The van der Waals surface area contributed by atoms with Crippen LogP contribution in [-0.2, 0) is 4.74 Å². The minimum absolute atomic E-state index is 0.223. The fourth-order valence-electron chi connectivity index (χ4n) is 1.81. The molecule has 0 aromatic heterocycles. The Labute approximate surface area is 121 Å². The van der Waals surface area contributed by atoms with Gasteiger partial charge < -0.3 is 14.8 Å². The first-order chi connectivity index (χ1) is 9.19. The molecule has 0 heterocycles. The second-order valence-electron chi connectivity index (χ2n) is 4.40. The molecular weight excluding hydrogens is 262 g/mol. The molecule has 19 heavy (non-hydrogen) atoms. The molecule has 0 aliphatic carbocycles. The number of hydrogen-bond donors (Lipinski definition) is 1. The highest BCUT2D eigenvalue weighted by atomic mass is 35.5. The maximum Gasteiger partial charge on any atom is 0.124 e. The Balaban J connectivity index is 2.67. The third-order valence-corrected chi connectivity index (χ3v) is 3.06. The molecule has 3 nitrogen and oxygen atoms in total. The molecule has 1 aromatic carbocycles. The zero-order chi connectivity index (χ0) is 14.1. The number of benzene rings is 1. The fraction of sp³-hybridized carbons (Fsp3) is 0.600. The molecule has 0 saturated carbocycles. The Bertz CT molecular complexity index is 371. The summed E-state index contributed by atoms with van der Waals surface area (Å²) in [5, 5.41) is 4.18. The highest BCUT2D eigenvalue weighted by Gasteiger charge is 2.11. The zero-order valence-electron chi connectivity index (χ0n) is 12.0. The maximum absolute atomic E-state index is 6.07. The molecule has 0 fully saturated rings. The largest absolute Gasteiger partial charge is 0.491 e. The first-order valence-corrected chi connectivity index (χ1v) is 7.30. The average molecular weight is 286 g/mol. The highest BCUT2D eigenvalue weighted by Crippen LogP contribution is 2.28. The highest BCUT2D eigenvalue weighted by molar-refractivity contribution is 6.30. The van der Waals surface area contributed by atoms with Crippen LogP contribution in [-0.4, -0.2) is 26.4 Å². The number of nitrogens with one attached hydrogen (secondary N) is 1. The molecule has 1 aromatic rings. The predicted octanol–water partition coefficient (Wildman–Crippen LogP) is 3.82. The van der Waals surface area contributed by atoms with Crippen LogP contribution in [0.5, 0.6) is 5.75 Å². The Hall–Kier alpha value is -0.770. The van der Waals surface area contributed by atoms with Gasteiger partial charge in [-0.15, -0.1) is 0 Å². The lowest BCUT2D eigenvalue weighted by Gasteiger charge is -2.18. The number of rotatable bonds is 9. The van der Waals surface area contributed by atoms with Gasteiger partial charge in [-0.2, -0.15) is 0 Å². The van der Waals surface area contributed by atoms with Crippen molar-refractivity contribution in [3.63, 3.8) is 0 Å². The van der Waals surface area contributed by atoms with Crippen molar-refractivity contribution in [2.24, 2.45) is 0 Å². The van der Waals surface area contributed by atoms with Crippen LogP contribution in [0.25, 0.3) is 0 Å². The van der Waals surface area contributed by atoms with E-state index < -0.39 is 0 Å². The Morgan fingerprint density at radius 3 is 2.74 bits per heavy atom. The van der Waals surface area contributed by atoms with Gasteiger partial charge in [-0.05, 0) is 45.0 Å². The summed E-state index contributed by atoms with van der Waals surface area (Å²) in [6, 6.07) is 5.97.